The zero-order valence-corrected chi connectivity index (χ0v) is 18.5. The Morgan fingerprint density at radius 1 is 1.07 bits per heavy atom. The summed E-state index contributed by atoms with van der Waals surface area (Å²) in [6.45, 7) is 4.27. The van der Waals surface area contributed by atoms with Crippen LogP contribution in [0.5, 0.6) is 17.2 Å². The van der Waals surface area contributed by atoms with E-state index >= 15 is 0 Å². The standard InChI is InChI=1S/C22H37N3O4/c1-6-29-18(17-9-7-8-10-17)11-12-24-22(23-2)25-15-16-13-19(26-3)21(28-5)20(14-16)27-4/h13-14,17-18H,6-12,15H2,1-5H3,(H2,23,24,25). The molecule has 0 radical (unpaired) electrons. The van der Waals surface area contributed by atoms with Crippen molar-refractivity contribution in [3.63, 3.8) is 0 Å². The fourth-order valence-electron chi connectivity index (χ4n) is 3.98. The molecule has 1 aliphatic carbocycles. The fourth-order valence-corrected chi connectivity index (χ4v) is 3.98. The lowest BCUT2D eigenvalue weighted by molar-refractivity contribution is 0.0169. The third-order valence-electron chi connectivity index (χ3n) is 5.44. The second kappa shape index (κ2) is 12.4. The normalized spacial score (nSPS) is 15.8. The molecule has 1 aromatic rings. The molecule has 0 saturated heterocycles. The van der Waals surface area contributed by atoms with Crippen LogP contribution in [0.15, 0.2) is 17.1 Å². The monoisotopic (exact) mass is 407 g/mol. The van der Waals surface area contributed by atoms with Gasteiger partial charge in [0.2, 0.25) is 5.75 Å². The number of methoxy groups -OCH3 is 3. The Kier molecular flexibility index (Phi) is 9.91. The van der Waals surface area contributed by atoms with E-state index in [9.17, 15) is 0 Å². The van der Waals surface area contributed by atoms with Gasteiger partial charge < -0.3 is 29.6 Å². The van der Waals surface area contributed by atoms with Gasteiger partial charge in [-0.05, 0) is 49.8 Å². The summed E-state index contributed by atoms with van der Waals surface area (Å²) in [6, 6.07) is 3.87. The highest BCUT2D eigenvalue weighted by Crippen LogP contribution is 2.38. The molecule has 2 rings (SSSR count). The number of hydrogen-bond acceptors (Lipinski definition) is 5. The van der Waals surface area contributed by atoms with Gasteiger partial charge >= 0.3 is 0 Å². The van der Waals surface area contributed by atoms with Crippen LogP contribution in [0.1, 0.15) is 44.6 Å². The first-order chi connectivity index (χ1) is 14.2. The average molecular weight is 408 g/mol. The molecule has 0 heterocycles. The van der Waals surface area contributed by atoms with Crippen LogP contribution >= 0.6 is 0 Å². The molecule has 1 fully saturated rings. The molecule has 0 aromatic heterocycles. The number of ether oxygens (including phenoxy) is 4. The van der Waals surface area contributed by atoms with Gasteiger partial charge in [-0.15, -0.1) is 0 Å². The average Bonchev–Trinajstić information content (AvgIpc) is 3.29. The highest BCUT2D eigenvalue weighted by Gasteiger charge is 2.25. The van der Waals surface area contributed by atoms with Gasteiger partial charge in [-0.2, -0.15) is 0 Å². The Morgan fingerprint density at radius 2 is 1.72 bits per heavy atom. The van der Waals surface area contributed by atoms with Crippen LogP contribution in [0.2, 0.25) is 0 Å². The van der Waals surface area contributed by atoms with Crippen molar-refractivity contribution >= 4 is 5.96 Å². The molecule has 1 aromatic carbocycles. The van der Waals surface area contributed by atoms with Gasteiger partial charge in [0.1, 0.15) is 0 Å². The van der Waals surface area contributed by atoms with E-state index in [1.807, 2.05) is 12.1 Å². The van der Waals surface area contributed by atoms with Crippen LogP contribution in [0.25, 0.3) is 0 Å². The summed E-state index contributed by atoms with van der Waals surface area (Å²) in [5, 5.41) is 6.75. The molecule has 1 aliphatic rings. The summed E-state index contributed by atoms with van der Waals surface area (Å²) in [7, 11) is 6.62. The van der Waals surface area contributed by atoms with E-state index in [2.05, 4.69) is 22.5 Å². The molecule has 0 spiro atoms. The molecule has 0 bridgehead atoms. The minimum absolute atomic E-state index is 0.336. The van der Waals surface area contributed by atoms with Gasteiger partial charge in [-0.1, -0.05) is 12.8 Å². The summed E-state index contributed by atoms with van der Waals surface area (Å²) in [5.74, 6) is 3.34. The van der Waals surface area contributed by atoms with E-state index in [0.29, 0.717) is 35.8 Å². The van der Waals surface area contributed by atoms with Crippen molar-refractivity contribution in [2.24, 2.45) is 10.9 Å². The molecular formula is C22H37N3O4. The second-order valence-corrected chi connectivity index (χ2v) is 7.21. The molecule has 29 heavy (non-hydrogen) atoms. The van der Waals surface area contributed by atoms with Crippen molar-refractivity contribution in [2.75, 3.05) is 41.5 Å². The van der Waals surface area contributed by atoms with Crippen LogP contribution in [-0.2, 0) is 11.3 Å². The van der Waals surface area contributed by atoms with Gasteiger partial charge in [-0.3, -0.25) is 4.99 Å². The van der Waals surface area contributed by atoms with Crippen LogP contribution in [0, 0.1) is 5.92 Å². The number of rotatable bonds is 11. The maximum Gasteiger partial charge on any atom is 0.203 e. The Bertz CT molecular complexity index is 620. The van der Waals surface area contributed by atoms with Crippen molar-refractivity contribution in [1.29, 1.82) is 0 Å². The first-order valence-corrected chi connectivity index (χ1v) is 10.5. The van der Waals surface area contributed by atoms with E-state index in [1.54, 1.807) is 28.4 Å². The van der Waals surface area contributed by atoms with Crippen LogP contribution in [0.3, 0.4) is 0 Å². The number of aliphatic imine (C=N–C) groups is 1. The number of hydrogen-bond donors (Lipinski definition) is 2. The topological polar surface area (TPSA) is 73.3 Å². The quantitative estimate of drug-likeness (QED) is 0.433. The molecule has 2 N–H and O–H groups in total. The molecular weight excluding hydrogens is 370 g/mol. The maximum absolute atomic E-state index is 6.00. The summed E-state index contributed by atoms with van der Waals surface area (Å²) in [6.07, 6.45) is 6.57. The smallest absolute Gasteiger partial charge is 0.203 e. The van der Waals surface area contributed by atoms with Crippen molar-refractivity contribution in [1.82, 2.24) is 10.6 Å². The lowest BCUT2D eigenvalue weighted by Crippen LogP contribution is -2.39. The van der Waals surface area contributed by atoms with Gasteiger partial charge in [0, 0.05) is 26.7 Å². The number of nitrogens with one attached hydrogen (secondary N) is 2. The van der Waals surface area contributed by atoms with E-state index in [4.69, 9.17) is 18.9 Å². The van der Waals surface area contributed by atoms with Crippen molar-refractivity contribution in [2.45, 2.75) is 51.7 Å². The molecule has 0 amide bonds. The fraction of sp³-hybridized carbons (Fsp3) is 0.682. The minimum Gasteiger partial charge on any atom is -0.493 e. The third-order valence-corrected chi connectivity index (χ3v) is 5.44. The number of nitrogens with zero attached hydrogens (tertiary/aromatic N) is 1. The minimum atomic E-state index is 0.336. The van der Waals surface area contributed by atoms with Gasteiger partial charge in [0.15, 0.2) is 17.5 Å². The van der Waals surface area contributed by atoms with Crippen LogP contribution in [-0.4, -0.2) is 53.6 Å². The highest BCUT2D eigenvalue weighted by atomic mass is 16.5. The zero-order chi connectivity index (χ0) is 21.1. The Balaban J connectivity index is 1.88. The zero-order valence-electron chi connectivity index (χ0n) is 18.5. The summed E-state index contributed by atoms with van der Waals surface area (Å²) < 4.78 is 22.2. The van der Waals surface area contributed by atoms with Gasteiger partial charge in [-0.25, -0.2) is 0 Å². The third kappa shape index (κ3) is 6.70. The first kappa shape index (κ1) is 23.1. The number of guanidine groups is 1. The molecule has 0 aliphatic heterocycles. The lowest BCUT2D eigenvalue weighted by Gasteiger charge is -2.24. The predicted molar refractivity (Wildman–Crippen MR) is 116 cm³/mol. The molecule has 1 unspecified atom stereocenters. The van der Waals surface area contributed by atoms with Crippen molar-refractivity contribution < 1.29 is 18.9 Å². The lowest BCUT2D eigenvalue weighted by atomic mass is 9.98. The van der Waals surface area contributed by atoms with Gasteiger partial charge in [0.05, 0.1) is 27.4 Å². The van der Waals surface area contributed by atoms with Crippen LogP contribution in [0.4, 0.5) is 0 Å². The molecule has 7 heteroatoms. The molecule has 1 atom stereocenters. The SMILES string of the molecule is CCOC(CCNC(=NC)NCc1cc(OC)c(OC)c(OC)c1)C1CCCC1. The van der Waals surface area contributed by atoms with Crippen molar-refractivity contribution in [3.05, 3.63) is 17.7 Å². The van der Waals surface area contributed by atoms with E-state index in [0.717, 1.165) is 31.1 Å². The van der Waals surface area contributed by atoms with Crippen molar-refractivity contribution in [3.8, 4) is 17.2 Å². The maximum atomic E-state index is 6.00. The Hall–Kier alpha value is -2.15. The Labute approximate surface area is 175 Å². The summed E-state index contributed by atoms with van der Waals surface area (Å²) >= 11 is 0. The Morgan fingerprint density at radius 3 is 2.24 bits per heavy atom. The second-order valence-electron chi connectivity index (χ2n) is 7.21. The highest BCUT2D eigenvalue weighted by molar-refractivity contribution is 5.79. The van der Waals surface area contributed by atoms with Gasteiger partial charge in [0.25, 0.3) is 0 Å². The number of benzene rings is 1. The predicted octanol–water partition coefficient (Wildman–Crippen LogP) is 3.36. The molecule has 7 nitrogen and oxygen atoms in total. The summed E-state index contributed by atoms with van der Waals surface area (Å²) in [4.78, 5) is 4.33. The largest absolute Gasteiger partial charge is 0.493 e. The van der Waals surface area contributed by atoms with E-state index in [-0.39, 0.29) is 0 Å². The summed E-state index contributed by atoms with van der Waals surface area (Å²) in [5.41, 5.74) is 1.01. The first-order valence-electron chi connectivity index (χ1n) is 10.5. The van der Waals surface area contributed by atoms with E-state index < -0.39 is 0 Å². The molecule has 164 valence electrons. The van der Waals surface area contributed by atoms with Crippen LogP contribution < -0.4 is 24.8 Å². The molecule has 1 saturated carbocycles. The van der Waals surface area contributed by atoms with E-state index in [1.165, 1.54) is 25.7 Å².